The second-order valence-electron chi connectivity index (χ2n) is 12.3. The van der Waals surface area contributed by atoms with Crippen LogP contribution in [0.2, 0.25) is 0 Å². The lowest BCUT2D eigenvalue weighted by Gasteiger charge is -2.25. The minimum absolute atomic E-state index is 0.105. The van der Waals surface area contributed by atoms with Crippen molar-refractivity contribution in [1.29, 1.82) is 0 Å². The van der Waals surface area contributed by atoms with E-state index >= 15 is 0 Å². The van der Waals surface area contributed by atoms with Crippen LogP contribution in [0.4, 0.5) is 0 Å². The minimum Gasteiger partial charge on any atom is -0.481 e. The van der Waals surface area contributed by atoms with Crippen molar-refractivity contribution in [3.63, 3.8) is 0 Å². The van der Waals surface area contributed by atoms with Gasteiger partial charge in [-0.15, -0.1) is 0 Å². The molecule has 5 unspecified atom stereocenters. The van der Waals surface area contributed by atoms with E-state index in [2.05, 4.69) is 45.6 Å². The van der Waals surface area contributed by atoms with Gasteiger partial charge in [-0.05, 0) is 83.0 Å². The standard InChI is InChI=1S/C36H58O8/c1-7-8-9-11-20-30(4)32(43-35(41)27-26-34(39)40)25-24-29(3)19-16-18-28(2)17-14-15-22-31(44-36(5,6)42)21-12-10-13-23-33(37)38/h7-10,12-14,17,23,28-32,42H,1,11,15-16,18-22,24-27H2,2-6H3,(H,37,38)(H,39,40). The van der Waals surface area contributed by atoms with E-state index < -0.39 is 23.7 Å². The summed E-state index contributed by atoms with van der Waals surface area (Å²) in [5.41, 5.74) is 0. The molecule has 8 heteroatoms. The molecule has 0 saturated heterocycles. The summed E-state index contributed by atoms with van der Waals surface area (Å²) in [6.45, 7) is 13.4. The molecule has 0 heterocycles. The molecule has 0 aliphatic heterocycles. The van der Waals surface area contributed by atoms with Crippen molar-refractivity contribution in [1.82, 2.24) is 0 Å². The predicted molar refractivity (Wildman–Crippen MR) is 176 cm³/mol. The zero-order chi connectivity index (χ0) is 33.4. The summed E-state index contributed by atoms with van der Waals surface area (Å²) in [6, 6.07) is 0. The van der Waals surface area contributed by atoms with Crippen LogP contribution in [0.3, 0.4) is 0 Å². The Morgan fingerprint density at radius 3 is 2.18 bits per heavy atom. The number of carboxylic acids is 2. The normalized spacial score (nSPS) is 16.0. The van der Waals surface area contributed by atoms with Gasteiger partial charge >= 0.3 is 17.9 Å². The van der Waals surface area contributed by atoms with Crippen LogP contribution >= 0.6 is 0 Å². The quantitative estimate of drug-likeness (QED) is 0.0291. The number of aliphatic hydroxyl groups is 1. The Morgan fingerprint density at radius 1 is 0.841 bits per heavy atom. The first-order chi connectivity index (χ1) is 20.7. The molecule has 0 amide bonds. The summed E-state index contributed by atoms with van der Waals surface area (Å²) < 4.78 is 11.5. The van der Waals surface area contributed by atoms with Gasteiger partial charge in [0.05, 0.1) is 18.9 Å². The topological polar surface area (TPSA) is 130 Å². The average molecular weight is 619 g/mol. The van der Waals surface area contributed by atoms with Gasteiger partial charge in [0.1, 0.15) is 6.10 Å². The maximum atomic E-state index is 12.3. The van der Waals surface area contributed by atoms with Crippen molar-refractivity contribution >= 4 is 17.9 Å². The largest absolute Gasteiger partial charge is 0.481 e. The molecular formula is C36H58O8. The molecule has 0 saturated carbocycles. The molecule has 0 spiro atoms. The summed E-state index contributed by atoms with van der Waals surface area (Å²) in [5.74, 6) is -2.59. The summed E-state index contributed by atoms with van der Waals surface area (Å²) >= 11 is 0. The summed E-state index contributed by atoms with van der Waals surface area (Å²) in [6.07, 6.45) is 24.2. The van der Waals surface area contributed by atoms with Gasteiger partial charge in [0.15, 0.2) is 5.79 Å². The molecule has 0 aliphatic rings. The number of carboxylic acid groups (broad SMARTS) is 2. The van der Waals surface area contributed by atoms with E-state index in [1.54, 1.807) is 26.0 Å². The number of carbonyl (C=O) groups is 3. The summed E-state index contributed by atoms with van der Waals surface area (Å²) in [7, 11) is 0. The van der Waals surface area contributed by atoms with Crippen LogP contribution in [0.1, 0.15) is 112 Å². The second kappa shape index (κ2) is 24.4. The lowest BCUT2D eigenvalue weighted by atomic mass is 9.90. The molecule has 0 bridgehead atoms. The van der Waals surface area contributed by atoms with Crippen LogP contribution in [-0.2, 0) is 23.9 Å². The van der Waals surface area contributed by atoms with E-state index in [0.717, 1.165) is 63.9 Å². The third kappa shape index (κ3) is 25.5. The van der Waals surface area contributed by atoms with Crippen molar-refractivity contribution in [2.24, 2.45) is 17.8 Å². The van der Waals surface area contributed by atoms with Gasteiger partial charge in [0.2, 0.25) is 0 Å². The van der Waals surface area contributed by atoms with Crippen LogP contribution in [0, 0.1) is 17.8 Å². The number of rotatable bonds is 26. The molecular weight excluding hydrogens is 560 g/mol. The predicted octanol–water partition coefficient (Wildman–Crippen LogP) is 8.18. The molecule has 5 atom stereocenters. The lowest BCUT2D eigenvalue weighted by Crippen LogP contribution is -2.29. The molecule has 44 heavy (non-hydrogen) atoms. The van der Waals surface area contributed by atoms with Gasteiger partial charge in [-0.3, -0.25) is 9.59 Å². The number of carbonyl (C=O) groups excluding carboxylic acids is 1. The van der Waals surface area contributed by atoms with Gasteiger partial charge in [0, 0.05) is 6.08 Å². The van der Waals surface area contributed by atoms with Crippen molar-refractivity contribution in [3.05, 3.63) is 61.3 Å². The number of esters is 1. The lowest BCUT2D eigenvalue weighted by molar-refractivity contribution is -0.205. The minimum atomic E-state index is -1.24. The van der Waals surface area contributed by atoms with E-state index in [-0.39, 0.29) is 31.0 Å². The molecule has 250 valence electrons. The molecule has 0 fully saturated rings. The fourth-order valence-corrected chi connectivity index (χ4v) is 4.80. The van der Waals surface area contributed by atoms with E-state index in [4.69, 9.17) is 19.7 Å². The first-order valence-corrected chi connectivity index (χ1v) is 16.0. The molecule has 0 aliphatic carbocycles. The number of allylic oxidation sites excluding steroid dienone is 7. The van der Waals surface area contributed by atoms with Gasteiger partial charge < -0.3 is 24.8 Å². The van der Waals surface area contributed by atoms with Gasteiger partial charge in [-0.25, -0.2) is 4.79 Å². The molecule has 0 aromatic heterocycles. The molecule has 0 rings (SSSR count). The second-order valence-corrected chi connectivity index (χ2v) is 12.3. The number of aliphatic carboxylic acids is 2. The molecule has 3 N–H and O–H groups in total. The number of hydrogen-bond acceptors (Lipinski definition) is 6. The fourth-order valence-electron chi connectivity index (χ4n) is 4.80. The molecule has 8 nitrogen and oxygen atoms in total. The summed E-state index contributed by atoms with van der Waals surface area (Å²) in [4.78, 5) is 33.7. The highest BCUT2D eigenvalue weighted by Crippen LogP contribution is 2.25. The maximum absolute atomic E-state index is 12.3. The van der Waals surface area contributed by atoms with Crippen molar-refractivity contribution in [2.45, 2.75) is 130 Å². The van der Waals surface area contributed by atoms with Crippen LogP contribution in [0.15, 0.2) is 61.3 Å². The SMILES string of the molecule is C=CC=CCCC(C)C(CCC(C)CCCC(C)C=CCCC(CC=CC=CC(=O)O)OC(C)(C)O)OC(=O)CCC(=O)O. The van der Waals surface area contributed by atoms with E-state index in [1.807, 2.05) is 12.2 Å². The Hall–Kier alpha value is -2.97. The van der Waals surface area contributed by atoms with Gasteiger partial charge in [-0.1, -0.05) is 88.8 Å². The molecule has 0 radical (unpaired) electrons. The highest BCUT2D eigenvalue weighted by atomic mass is 16.6. The van der Waals surface area contributed by atoms with Gasteiger partial charge in [-0.2, -0.15) is 0 Å². The third-order valence-corrected chi connectivity index (χ3v) is 7.28. The molecule has 0 aromatic rings. The number of ether oxygens (including phenoxy) is 2. The summed E-state index contributed by atoms with van der Waals surface area (Å²) in [5, 5.41) is 27.6. The van der Waals surface area contributed by atoms with E-state index in [1.165, 1.54) is 6.08 Å². The monoisotopic (exact) mass is 618 g/mol. The Bertz CT molecular complexity index is 940. The van der Waals surface area contributed by atoms with Crippen LogP contribution in [-0.4, -0.2) is 51.2 Å². The van der Waals surface area contributed by atoms with Crippen molar-refractivity contribution in [2.75, 3.05) is 0 Å². The van der Waals surface area contributed by atoms with E-state index in [0.29, 0.717) is 18.3 Å². The van der Waals surface area contributed by atoms with Gasteiger partial charge in [0.25, 0.3) is 0 Å². The molecule has 0 aromatic carbocycles. The highest BCUT2D eigenvalue weighted by Gasteiger charge is 2.23. The zero-order valence-electron chi connectivity index (χ0n) is 27.7. The zero-order valence-corrected chi connectivity index (χ0v) is 27.7. The Kier molecular flexibility index (Phi) is 22.7. The first-order valence-electron chi connectivity index (χ1n) is 16.0. The first kappa shape index (κ1) is 41.0. The average Bonchev–Trinajstić information content (AvgIpc) is 2.93. The van der Waals surface area contributed by atoms with E-state index in [9.17, 15) is 19.5 Å². The van der Waals surface area contributed by atoms with Crippen molar-refractivity contribution < 1.29 is 39.2 Å². The van der Waals surface area contributed by atoms with Crippen LogP contribution in [0.25, 0.3) is 0 Å². The third-order valence-electron chi connectivity index (χ3n) is 7.28. The Morgan fingerprint density at radius 2 is 1.55 bits per heavy atom. The fraction of sp³-hybridized carbons (Fsp3) is 0.639. The van der Waals surface area contributed by atoms with Crippen LogP contribution < -0.4 is 0 Å². The van der Waals surface area contributed by atoms with Crippen LogP contribution in [0.5, 0.6) is 0 Å². The highest BCUT2D eigenvalue weighted by molar-refractivity contribution is 5.80. The number of hydrogen-bond donors (Lipinski definition) is 3. The van der Waals surface area contributed by atoms with Crippen molar-refractivity contribution in [3.8, 4) is 0 Å². The Labute approximate surface area is 265 Å². The smallest absolute Gasteiger partial charge is 0.328 e. The Balaban J connectivity index is 4.68. The maximum Gasteiger partial charge on any atom is 0.328 e.